The lowest BCUT2D eigenvalue weighted by atomic mass is 9.99. The Kier molecular flexibility index (Phi) is 6.12. The topological polar surface area (TPSA) is 29.3 Å². The molecule has 0 aromatic heterocycles. The Morgan fingerprint density at radius 1 is 1.24 bits per heavy atom. The molecule has 21 heavy (non-hydrogen) atoms. The highest BCUT2D eigenvalue weighted by molar-refractivity contribution is 5.27. The van der Waals surface area contributed by atoms with Gasteiger partial charge in [0.05, 0.1) is 0 Å². The Morgan fingerprint density at radius 3 is 2.67 bits per heavy atom. The molecule has 1 aliphatic rings. The maximum atomic E-state index is 12.9. The molecule has 0 amide bonds. The zero-order valence-corrected chi connectivity index (χ0v) is 12.8. The van der Waals surface area contributed by atoms with Crippen molar-refractivity contribution in [2.75, 3.05) is 13.1 Å². The predicted octanol–water partition coefficient (Wildman–Crippen LogP) is 4.28. The molecule has 0 saturated carbocycles. The van der Waals surface area contributed by atoms with E-state index >= 15 is 0 Å². The van der Waals surface area contributed by atoms with Crippen molar-refractivity contribution in [3.05, 3.63) is 35.4 Å². The van der Waals surface area contributed by atoms with Gasteiger partial charge >= 0.3 is 0 Å². The Hall–Kier alpha value is -1.00. The number of likely N-dealkylation sites (tertiary alicyclic amines) is 1. The minimum absolute atomic E-state index is 0.0479. The average molecular weight is 296 g/mol. The van der Waals surface area contributed by atoms with E-state index in [0.29, 0.717) is 12.6 Å². The second-order valence-corrected chi connectivity index (χ2v) is 5.87. The molecule has 118 valence electrons. The largest absolute Gasteiger partial charge is 0.329 e. The molecule has 1 aromatic carbocycles. The molecule has 1 aliphatic heterocycles. The molecule has 1 heterocycles. The Balaban J connectivity index is 2.26. The second kappa shape index (κ2) is 7.85. The van der Waals surface area contributed by atoms with Gasteiger partial charge in [-0.05, 0) is 37.4 Å². The number of hydrogen-bond donors (Lipinski definition) is 1. The second-order valence-electron chi connectivity index (χ2n) is 5.87. The number of nitrogens with zero attached hydrogens (tertiary/aromatic N) is 1. The third-order valence-electron chi connectivity index (χ3n) is 4.56. The van der Waals surface area contributed by atoms with Crippen molar-refractivity contribution >= 4 is 0 Å². The van der Waals surface area contributed by atoms with Crippen LogP contribution in [0.2, 0.25) is 0 Å². The Bertz CT molecular complexity index is 437. The lowest BCUT2D eigenvalue weighted by molar-refractivity contribution is 0.134. The summed E-state index contributed by atoms with van der Waals surface area (Å²) < 4.78 is 25.8. The number of alkyl halides is 2. The summed E-state index contributed by atoms with van der Waals surface area (Å²) in [7, 11) is 0. The molecule has 2 rings (SSSR count). The van der Waals surface area contributed by atoms with Crippen LogP contribution < -0.4 is 5.73 Å². The zero-order chi connectivity index (χ0) is 15.2. The Labute approximate surface area is 126 Å². The normalized spacial score (nSPS) is 22.2. The van der Waals surface area contributed by atoms with Crippen LogP contribution in [0.3, 0.4) is 0 Å². The number of hydrogen-bond acceptors (Lipinski definition) is 2. The first-order chi connectivity index (χ1) is 10.2. The molecule has 0 aliphatic carbocycles. The summed E-state index contributed by atoms with van der Waals surface area (Å²) >= 11 is 0. The van der Waals surface area contributed by atoms with E-state index in [4.69, 9.17) is 5.73 Å². The van der Waals surface area contributed by atoms with Crippen molar-refractivity contribution < 1.29 is 8.78 Å². The van der Waals surface area contributed by atoms with E-state index in [1.807, 2.05) is 6.07 Å². The number of benzene rings is 1. The van der Waals surface area contributed by atoms with Crippen molar-refractivity contribution in [3.8, 4) is 0 Å². The summed E-state index contributed by atoms with van der Waals surface area (Å²) in [6, 6.07) is 7.32. The highest BCUT2D eigenvalue weighted by Crippen LogP contribution is 2.30. The summed E-state index contributed by atoms with van der Waals surface area (Å²) in [5.41, 5.74) is 7.02. The van der Waals surface area contributed by atoms with Crippen molar-refractivity contribution in [1.29, 1.82) is 0 Å². The number of nitrogens with two attached hydrogens (primary N) is 1. The van der Waals surface area contributed by atoms with Crippen LogP contribution in [0.4, 0.5) is 8.78 Å². The van der Waals surface area contributed by atoms with Gasteiger partial charge in [0.15, 0.2) is 0 Å². The van der Waals surface area contributed by atoms with E-state index in [0.717, 1.165) is 18.5 Å². The van der Waals surface area contributed by atoms with Crippen LogP contribution in [-0.4, -0.2) is 24.0 Å². The fraction of sp³-hybridized carbons (Fsp3) is 0.647. The van der Waals surface area contributed by atoms with Crippen LogP contribution in [0.15, 0.2) is 24.3 Å². The van der Waals surface area contributed by atoms with E-state index in [1.165, 1.54) is 31.7 Å². The summed E-state index contributed by atoms with van der Waals surface area (Å²) in [4.78, 5) is 2.44. The third kappa shape index (κ3) is 4.01. The van der Waals surface area contributed by atoms with Gasteiger partial charge in [-0.25, -0.2) is 8.78 Å². The van der Waals surface area contributed by atoms with Crippen LogP contribution in [-0.2, 0) is 0 Å². The lowest BCUT2D eigenvalue weighted by Gasteiger charge is -2.36. The molecule has 2 N–H and O–H groups in total. The van der Waals surface area contributed by atoms with Crippen molar-refractivity contribution in [3.63, 3.8) is 0 Å². The fourth-order valence-electron chi connectivity index (χ4n) is 3.41. The number of rotatable bonds is 5. The molecule has 0 bridgehead atoms. The average Bonchev–Trinajstić information content (AvgIpc) is 2.74. The fourth-order valence-corrected chi connectivity index (χ4v) is 3.41. The van der Waals surface area contributed by atoms with Crippen molar-refractivity contribution in [2.24, 2.45) is 5.73 Å². The molecule has 2 nitrogen and oxygen atoms in total. The molecule has 0 radical (unpaired) electrons. The third-order valence-corrected chi connectivity index (χ3v) is 4.56. The summed E-state index contributed by atoms with van der Waals surface area (Å²) in [6.45, 7) is 3.69. The molecule has 1 fully saturated rings. The lowest BCUT2D eigenvalue weighted by Crippen LogP contribution is -2.41. The summed E-state index contributed by atoms with van der Waals surface area (Å²) in [5.74, 6) is 0. The van der Waals surface area contributed by atoms with E-state index in [2.05, 4.69) is 11.8 Å². The van der Waals surface area contributed by atoms with Crippen molar-refractivity contribution in [2.45, 2.75) is 57.5 Å². The maximum Gasteiger partial charge on any atom is 0.263 e. The summed E-state index contributed by atoms with van der Waals surface area (Å²) in [5, 5.41) is 0. The van der Waals surface area contributed by atoms with Gasteiger partial charge < -0.3 is 5.73 Å². The van der Waals surface area contributed by atoms with Crippen LogP contribution in [0.25, 0.3) is 0 Å². The highest BCUT2D eigenvalue weighted by atomic mass is 19.3. The van der Waals surface area contributed by atoms with Crippen LogP contribution in [0, 0.1) is 0 Å². The SMILES string of the molecule is CCC1CCCCCN1C(CN)c1cccc(C(F)F)c1. The van der Waals surface area contributed by atoms with Crippen LogP contribution >= 0.6 is 0 Å². The van der Waals surface area contributed by atoms with Gasteiger partial charge in [0, 0.05) is 24.2 Å². The molecule has 4 heteroatoms. The van der Waals surface area contributed by atoms with Gasteiger partial charge in [-0.1, -0.05) is 38.0 Å². The van der Waals surface area contributed by atoms with Gasteiger partial charge in [-0.2, -0.15) is 0 Å². The quantitative estimate of drug-likeness (QED) is 0.878. The van der Waals surface area contributed by atoms with Crippen LogP contribution in [0.1, 0.15) is 62.6 Å². The van der Waals surface area contributed by atoms with E-state index < -0.39 is 6.43 Å². The molecular formula is C17H26F2N2. The van der Waals surface area contributed by atoms with Gasteiger partial charge in [0.1, 0.15) is 0 Å². The van der Waals surface area contributed by atoms with E-state index in [9.17, 15) is 8.78 Å². The minimum atomic E-state index is -2.42. The van der Waals surface area contributed by atoms with Crippen LogP contribution in [0.5, 0.6) is 0 Å². The predicted molar refractivity (Wildman–Crippen MR) is 82.4 cm³/mol. The molecule has 1 saturated heterocycles. The van der Waals surface area contributed by atoms with Gasteiger partial charge in [0.25, 0.3) is 6.43 Å². The smallest absolute Gasteiger partial charge is 0.263 e. The zero-order valence-electron chi connectivity index (χ0n) is 12.8. The molecular weight excluding hydrogens is 270 g/mol. The summed E-state index contributed by atoms with van der Waals surface area (Å²) in [6.07, 6.45) is 3.52. The highest BCUT2D eigenvalue weighted by Gasteiger charge is 2.27. The first-order valence-electron chi connectivity index (χ1n) is 8.01. The standard InChI is InChI=1S/C17H26F2N2/c1-2-15-9-4-3-5-10-21(15)16(12-20)13-7-6-8-14(11-13)17(18)19/h6-8,11,15-17H,2-5,9-10,12,20H2,1H3. The van der Waals surface area contributed by atoms with Gasteiger partial charge in [-0.3, -0.25) is 4.90 Å². The molecule has 0 spiro atoms. The molecule has 2 atom stereocenters. The minimum Gasteiger partial charge on any atom is -0.329 e. The van der Waals surface area contributed by atoms with Gasteiger partial charge in [0.2, 0.25) is 0 Å². The van der Waals surface area contributed by atoms with E-state index in [1.54, 1.807) is 12.1 Å². The number of halogens is 2. The van der Waals surface area contributed by atoms with Gasteiger partial charge in [-0.15, -0.1) is 0 Å². The molecule has 1 aromatic rings. The first-order valence-corrected chi connectivity index (χ1v) is 8.01. The molecule has 2 unspecified atom stereocenters. The van der Waals surface area contributed by atoms with E-state index in [-0.39, 0.29) is 11.6 Å². The monoisotopic (exact) mass is 296 g/mol. The Morgan fingerprint density at radius 2 is 2.00 bits per heavy atom. The van der Waals surface area contributed by atoms with Crippen molar-refractivity contribution in [1.82, 2.24) is 4.90 Å². The first kappa shape index (κ1) is 16.4. The maximum absolute atomic E-state index is 12.9.